The van der Waals surface area contributed by atoms with Crippen molar-refractivity contribution in [3.63, 3.8) is 0 Å². The van der Waals surface area contributed by atoms with Gasteiger partial charge in [0.1, 0.15) is 11.8 Å². The maximum atomic E-state index is 5.72. The lowest BCUT2D eigenvalue weighted by Gasteiger charge is -2.12. The number of hydrogen-bond donors (Lipinski definition) is 2. The van der Waals surface area contributed by atoms with Gasteiger partial charge in [-0.1, -0.05) is 0 Å². The van der Waals surface area contributed by atoms with Gasteiger partial charge in [-0.2, -0.15) is 4.98 Å². The van der Waals surface area contributed by atoms with Crippen LogP contribution in [0.2, 0.25) is 5.28 Å². The minimum Gasteiger partial charge on any atom is -0.444 e. The SMILES string of the molecule is Cc1cnc(C(C)Nc2nc(Cl)ncc2N)o1. The number of halogens is 1. The Morgan fingerprint density at radius 1 is 1.41 bits per heavy atom. The molecule has 2 heterocycles. The first-order valence-corrected chi connectivity index (χ1v) is 5.41. The third-order valence-electron chi connectivity index (χ3n) is 2.15. The predicted octanol–water partition coefficient (Wildman–Crippen LogP) is 2.18. The molecule has 0 bridgehead atoms. The highest BCUT2D eigenvalue weighted by molar-refractivity contribution is 6.28. The van der Waals surface area contributed by atoms with Gasteiger partial charge in [0.05, 0.1) is 18.1 Å². The topological polar surface area (TPSA) is 89.9 Å². The van der Waals surface area contributed by atoms with Crippen molar-refractivity contribution in [1.29, 1.82) is 0 Å². The van der Waals surface area contributed by atoms with Gasteiger partial charge in [-0.25, -0.2) is 9.97 Å². The van der Waals surface area contributed by atoms with Gasteiger partial charge in [0.15, 0.2) is 5.82 Å². The molecule has 0 amide bonds. The largest absolute Gasteiger partial charge is 0.444 e. The van der Waals surface area contributed by atoms with E-state index in [2.05, 4.69) is 20.3 Å². The molecule has 0 radical (unpaired) electrons. The molecule has 3 N–H and O–H groups in total. The Hall–Kier alpha value is -1.82. The number of anilines is 2. The van der Waals surface area contributed by atoms with Crippen LogP contribution in [0, 0.1) is 6.92 Å². The number of aromatic nitrogens is 3. The van der Waals surface area contributed by atoms with Crippen molar-refractivity contribution in [1.82, 2.24) is 15.0 Å². The minimum absolute atomic E-state index is 0.137. The fourth-order valence-corrected chi connectivity index (χ4v) is 1.46. The Labute approximate surface area is 103 Å². The molecule has 0 aliphatic heterocycles. The number of aryl methyl sites for hydroxylation is 1. The summed E-state index contributed by atoms with van der Waals surface area (Å²) in [6.07, 6.45) is 3.11. The molecule has 6 nitrogen and oxygen atoms in total. The van der Waals surface area contributed by atoms with Gasteiger partial charge in [-0.15, -0.1) is 0 Å². The summed E-state index contributed by atoms with van der Waals surface area (Å²) in [5.41, 5.74) is 6.14. The molecular formula is C10H12ClN5O. The molecule has 90 valence electrons. The molecule has 1 atom stereocenters. The van der Waals surface area contributed by atoms with E-state index >= 15 is 0 Å². The van der Waals surface area contributed by atoms with E-state index < -0.39 is 0 Å². The van der Waals surface area contributed by atoms with Crippen LogP contribution in [0.15, 0.2) is 16.8 Å². The third kappa shape index (κ3) is 2.65. The van der Waals surface area contributed by atoms with Crippen LogP contribution in [0.25, 0.3) is 0 Å². The van der Waals surface area contributed by atoms with Crippen LogP contribution < -0.4 is 11.1 Å². The summed E-state index contributed by atoms with van der Waals surface area (Å²) < 4.78 is 5.40. The van der Waals surface area contributed by atoms with Crippen LogP contribution in [0.3, 0.4) is 0 Å². The molecule has 1 unspecified atom stereocenters. The Morgan fingerprint density at radius 2 is 2.18 bits per heavy atom. The fourth-order valence-electron chi connectivity index (χ4n) is 1.32. The average molecular weight is 254 g/mol. The summed E-state index contributed by atoms with van der Waals surface area (Å²) in [5, 5.41) is 3.20. The van der Waals surface area contributed by atoms with Gasteiger partial charge >= 0.3 is 0 Å². The Kier molecular flexibility index (Phi) is 3.14. The number of nitrogens with one attached hydrogen (secondary N) is 1. The maximum Gasteiger partial charge on any atom is 0.224 e. The van der Waals surface area contributed by atoms with Crippen molar-refractivity contribution in [3.05, 3.63) is 29.3 Å². The quantitative estimate of drug-likeness (QED) is 0.815. The van der Waals surface area contributed by atoms with Crippen LogP contribution in [0.1, 0.15) is 24.6 Å². The molecule has 17 heavy (non-hydrogen) atoms. The zero-order valence-corrected chi connectivity index (χ0v) is 10.2. The number of nitrogens with two attached hydrogens (primary N) is 1. The Bertz CT molecular complexity index is 527. The van der Waals surface area contributed by atoms with Crippen molar-refractivity contribution in [3.8, 4) is 0 Å². The summed E-state index contributed by atoms with van der Waals surface area (Å²) in [6, 6.07) is -0.156. The molecule has 0 aromatic carbocycles. The summed E-state index contributed by atoms with van der Waals surface area (Å²) in [4.78, 5) is 11.9. The van der Waals surface area contributed by atoms with Crippen molar-refractivity contribution < 1.29 is 4.42 Å². The molecule has 0 saturated carbocycles. The molecule has 0 spiro atoms. The zero-order chi connectivity index (χ0) is 12.4. The highest BCUT2D eigenvalue weighted by Crippen LogP contribution is 2.22. The van der Waals surface area contributed by atoms with Crippen LogP contribution in [-0.4, -0.2) is 15.0 Å². The second kappa shape index (κ2) is 4.58. The number of hydrogen-bond acceptors (Lipinski definition) is 6. The smallest absolute Gasteiger partial charge is 0.224 e. The normalized spacial score (nSPS) is 12.4. The highest BCUT2D eigenvalue weighted by Gasteiger charge is 2.13. The van der Waals surface area contributed by atoms with Gasteiger partial charge in [0.2, 0.25) is 11.2 Å². The first kappa shape index (κ1) is 11.7. The Balaban J connectivity index is 2.18. The molecule has 2 rings (SSSR count). The van der Waals surface area contributed by atoms with E-state index in [0.29, 0.717) is 17.4 Å². The average Bonchev–Trinajstić information content (AvgIpc) is 2.70. The van der Waals surface area contributed by atoms with E-state index in [-0.39, 0.29) is 11.3 Å². The molecular weight excluding hydrogens is 242 g/mol. The number of nitrogen functional groups attached to an aromatic ring is 1. The lowest BCUT2D eigenvalue weighted by Crippen LogP contribution is -2.10. The summed E-state index contributed by atoms with van der Waals surface area (Å²) >= 11 is 5.69. The van der Waals surface area contributed by atoms with Crippen LogP contribution in [0.5, 0.6) is 0 Å². The number of rotatable bonds is 3. The molecule has 0 fully saturated rings. The molecule has 0 aliphatic carbocycles. The van der Waals surface area contributed by atoms with Gasteiger partial charge in [-0.05, 0) is 25.4 Å². The summed E-state index contributed by atoms with van der Waals surface area (Å²) in [5.74, 6) is 1.78. The maximum absolute atomic E-state index is 5.72. The first-order valence-electron chi connectivity index (χ1n) is 5.03. The van der Waals surface area contributed by atoms with Gasteiger partial charge < -0.3 is 15.5 Å². The first-order chi connectivity index (χ1) is 8.06. The Morgan fingerprint density at radius 3 is 2.82 bits per heavy atom. The fraction of sp³-hybridized carbons (Fsp3) is 0.300. The highest BCUT2D eigenvalue weighted by atomic mass is 35.5. The van der Waals surface area contributed by atoms with Crippen LogP contribution >= 0.6 is 11.6 Å². The molecule has 0 saturated heterocycles. The van der Waals surface area contributed by atoms with E-state index in [9.17, 15) is 0 Å². The predicted molar refractivity (Wildman–Crippen MR) is 64.7 cm³/mol. The van der Waals surface area contributed by atoms with E-state index in [1.54, 1.807) is 6.20 Å². The van der Waals surface area contributed by atoms with Gasteiger partial charge in [0, 0.05) is 0 Å². The molecule has 0 aliphatic rings. The van der Waals surface area contributed by atoms with Crippen molar-refractivity contribution in [2.45, 2.75) is 19.9 Å². The molecule has 7 heteroatoms. The molecule has 2 aromatic rings. The van der Waals surface area contributed by atoms with Crippen molar-refractivity contribution >= 4 is 23.1 Å². The van der Waals surface area contributed by atoms with Crippen LogP contribution in [-0.2, 0) is 0 Å². The van der Waals surface area contributed by atoms with Crippen molar-refractivity contribution in [2.75, 3.05) is 11.1 Å². The zero-order valence-electron chi connectivity index (χ0n) is 9.44. The second-order valence-corrected chi connectivity index (χ2v) is 3.96. The van der Waals surface area contributed by atoms with Crippen molar-refractivity contribution in [2.24, 2.45) is 0 Å². The van der Waals surface area contributed by atoms with E-state index in [1.165, 1.54) is 6.20 Å². The minimum atomic E-state index is -0.156. The molecule has 2 aromatic heterocycles. The van der Waals surface area contributed by atoms with E-state index in [0.717, 1.165) is 5.76 Å². The third-order valence-corrected chi connectivity index (χ3v) is 2.33. The van der Waals surface area contributed by atoms with Gasteiger partial charge in [0.25, 0.3) is 0 Å². The van der Waals surface area contributed by atoms with Gasteiger partial charge in [-0.3, -0.25) is 0 Å². The van der Waals surface area contributed by atoms with Crippen LogP contribution in [0.4, 0.5) is 11.5 Å². The summed E-state index contributed by atoms with van der Waals surface area (Å²) in [7, 11) is 0. The second-order valence-electron chi connectivity index (χ2n) is 3.62. The lowest BCUT2D eigenvalue weighted by molar-refractivity contribution is 0.453. The summed E-state index contributed by atoms with van der Waals surface area (Å²) in [6.45, 7) is 3.72. The standard InChI is InChI=1S/C10H12ClN5O/c1-5-3-13-9(17-5)6(2)15-8-7(12)4-14-10(11)16-8/h3-4,6H,12H2,1-2H3,(H,14,15,16). The van der Waals surface area contributed by atoms with E-state index in [1.807, 2.05) is 13.8 Å². The lowest BCUT2D eigenvalue weighted by atomic mass is 10.3. The monoisotopic (exact) mass is 253 g/mol. The number of oxazole rings is 1. The number of nitrogens with zero attached hydrogens (tertiary/aromatic N) is 3. The van der Waals surface area contributed by atoms with E-state index in [4.69, 9.17) is 21.8 Å².